The van der Waals surface area contributed by atoms with Gasteiger partial charge in [0.2, 0.25) is 6.29 Å². The number of carbonyl (C=O) groups is 1. The van der Waals surface area contributed by atoms with E-state index in [4.69, 9.17) is 37.9 Å². The van der Waals surface area contributed by atoms with Crippen molar-refractivity contribution in [2.75, 3.05) is 26.4 Å². The molecule has 4 aliphatic heterocycles. The molecule has 0 aromatic rings. The Morgan fingerprint density at radius 3 is 1.97 bits per heavy atom. The summed E-state index contributed by atoms with van der Waals surface area (Å²) >= 11 is 0. The van der Waals surface area contributed by atoms with Gasteiger partial charge in [0.1, 0.15) is 79.4 Å². The fraction of sp³-hybridized carbons (Fsp3) is 0.942. The van der Waals surface area contributed by atoms with Crippen molar-refractivity contribution in [1.82, 2.24) is 0 Å². The Morgan fingerprint density at radius 1 is 0.644 bits per heavy atom. The zero-order chi connectivity index (χ0) is 53.1. The van der Waals surface area contributed by atoms with Gasteiger partial charge in [-0.15, -0.1) is 0 Å². The summed E-state index contributed by atoms with van der Waals surface area (Å²) in [5.41, 5.74) is -1.58. The fourth-order valence-electron chi connectivity index (χ4n) is 15.8. The number of ether oxygens (including phenoxy) is 8. The van der Waals surface area contributed by atoms with E-state index in [0.29, 0.717) is 32.1 Å². The molecule has 418 valence electrons. The summed E-state index contributed by atoms with van der Waals surface area (Å²) in [6.45, 7) is 13.8. The lowest BCUT2D eigenvalue weighted by Gasteiger charge is -2.71. The molecule has 5 aliphatic carbocycles. The van der Waals surface area contributed by atoms with Crippen molar-refractivity contribution in [3.63, 3.8) is 0 Å². The number of hydrogen-bond acceptors (Lipinski definition) is 21. The minimum atomic E-state index is -1.80. The average Bonchev–Trinajstić information content (AvgIpc) is 3.34. The second-order valence-electron chi connectivity index (χ2n) is 25.2. The third-order valence-corrected chi connectivity index (χ3v) is 20.7. The first-order valence-electron chi connectivity index (χ1n) is 26.7. The SMILES string of the molecule is C[C@@H]1O[C@H](O[C@@H]2[C@@H](O[C@H]3CC[C@@]4(C)[C@@H](CC[C@]5(C)[C@@H]4CC=C4[C@H]6CC(C)(C)CC[C@@]6(C(=O)O[C@H]6O[C@@H](CO[C@H]7OC[C@H](O)[C@@H](O)[C@@H]7O)[C@H](O)[C@@H](O)[C@@H]6O)CC[C@]45C)[C@]3(C)CO)OC[C@H](O)[C@H]2O)[C@@H](O)[C@H](O)[C@H]1O. The van der Waals surface area contributed by atoms with Gasteiger partial charge in [-0.05, 0) is 111 Å². The van der Waals surface area contributed by atoms with Crippen molar-refractivity contribution in [2.24, 2.45) is 50.2 Å². The van der Waals surface area contributed by atoms with E-state index in [2.05, 4.69) is 40.7 Å². The largest absolute Gasteiger partial charge is 0.432 e. The van der Waals surface area contributed by atoms with Gasteiger partial charge in [0.15, 0.2) is 18.9 Å². The van der Waals surface area contributed by atoms with E-state index in [1.165, 1.54) is 12.5 Å². The van der Waals surface area contributed by atoms with Crippen LogP contribution in [0.15, 0.2) is 11.6 Å². The molecular formula is C52H84O21. The molecule has 21 heteroatoms. The van der Waals surface area contributed by atoms with Crippen LogP contribution in [-0.2, 0) is 42.7 Å². The zero-order valence-corrected chi connectivity index (χ0v) is 43.2. The minimum absolute atomic E-state index is 0.0316. The van der Waals surface area contributed by atoms with Crippen LogP contribution >= 0.6 is 0 Å². The summed E-state index contributed by atoms with van der Waals surface area (Å²) in [4.78, 5) is 15.0. The van der Waals surface area contributed by atoms with Gasteiger partial charge in [-0.1, -0.05) is 53.2 Å². The number of aliphatic hydroxyl groups excluding tert-OH is 12. The smallest absolute Gasteiger partial charge is 0.315 e. The van der Waals surface area contributed by atoms with Crippen LogP contribution in [0.4, 0.5) is 0 Å². The number of esters is 1. The summed E-state index contributed by atoms with van der Waals surface area (Å²) < 4.78 is 47.5. The molecule has 4 heterocycles. The Balaban J connectivity index is 0.935. The van der Waals surface area contributed by atoms with E-state index < -0.39 is 140 Å². The van der Waals surface area contributed by atoms with E-state index in [0.717, 1.165) is 32.1 Å². The highest BCUT2D eigenvalue weighted by Gasteiger charge is 2.70. The normalized spacial score (nSPS) is 55.0. The molecule has 0 amide bonds. The number of carbonyl (C=O) groups excluding carboxylic acids is 1. The average molecular weight is 1050 g/mol. The third kappa shape index (κ3) is 9.20. The molecule has 0 bridgehead atoms. The van der Waals surface area contributed by atoms with Gasteiger partial charge >= 0.3 is 5.97 Å². The lowest BCUT2D eigenvalue weighted by atomic mass is 9.33. The van der Waals surface area contributed by atoms with Gasteiger partial charge < -0.3 is 99.2 Å². The molecule has 0 aromatic carbocycles. The van der Waals surface area contributed by atoms with Gasteiger partial charge in [0.25, 0.3) is 0 Å². The van der Waals surface area contributed by atoms with Crippen molar-refractivity contribution in [2.45, 2.75) is 229 Å². The molecule has 73 heavy (non-hydrogen) atoms. The Hall–Kier alpha value is -1.55. The summed E-state index contributed by atoms with van der Waals surface area (Å²) in [7, 11) is 0. The molecule has 0 radical (unpaired) electrons. The summed E-state index contributed by atoms with van der Waals surface area (Å²) in [5.74, 6) is -0.655. The predicted octanol–water partition coefficient (Wildman–Crippen LogP) is -0.757. The number of hydrogen-bond donors (Lipinski definition) is 12. The highest BCUT2D eigenvalue weighted by molar-refractivity contribution is 5.79. The summed E-state index contributed by atoms with van der Waals surface area (Å²) in [6, 6.07) is 0. The van der Waals surface area contributed by atoms with Crippen LogP contribution in [0.25, 0.3) is 0 Å². The van der Waals surface area contributed by atoms with Gasteiger partial charge in [-0.2, -0.15) is 0 Å². The quantitative estimate of drug-likeness (QED) is 0.0727. The maximum absolute atomic E-state index is 15.0. The van der Waals surface area contributed by atoms with Crippen LogP contribution in [0.1, 0.15) is 113 Å². The van der Waals surface area contributed by atoms with Crippen LogP contribution in [-0.4, -0.2) is 210 Å². The summed E-state index contributed by atoms with van der Waals surface area (Å²) in [5, 5.41) is 128. The molecule has 0 spiro atoms. The van der Waals surface area contributed by atoms with Gasteiger partial charge in [-0.3, -0.25) is 4.79 Å². The first-order valence-corrected chi connectivity index (χ1v) is 26.7. The maximum atomic E-state index is 15.0. The molecule has 4 saturated carbocycles. The van der Waals surface area contributed by atoms with Crippen molar-refractivity contribution in [3.05, 3.63) is 11.6 Å². The van der Waals surface area contributed by atoms with E-state index in [1.807, 2.05) is 6.92 Å². The molecule has 27 atom stereocenters. The molecule has 9 rings (SSSR count). The standard InChI is InChI=1S/C52H84O21/c1-23-32(56)36(60)39(63)43(69-23)72-41-34(58)27(55)20-67-45(41)71-31-11-12-48(4)29(49(31,5)22-53)10-13-51(7)30(48)9-8-24-25-18-47(2,3)14-16-52(25,17-15-50(24,51)6)46(65)73-44-40(64)37(61)35(59)28(70-44)21-68-42-38(62)33(57)26(54)19-66-42/h8,23,25-45,53-64H,9-22H2,1-7H3/t23-,25+,26-,27-,28-,29+,30+,31-,32-,33+,34+,35-,36+,37+,38-,39-,40-,41-,42+,43+,44+,45+,48-,49-,50+,51+,52+/m0/s1. The van der Waals surface area contributed by atoms with Crippen molar-refractivity contribution < 1.29 is 104 Å². The van der Waals surface area contributed by atoms with Gasteiger partial charge in [0, 0.05) is 5.41 Å². The maximum Gasteiger partial charge on any atom is 0.315 e. The number of rotatable bonds is 10. The predicted molar refractivity (Wildman–Crippen MR) is 251 cm³/mol. The number of allylic oxidation sites excluding steroid dienone is 2. The lowest BCUT2D eigenvalue weighted by Crippen LogP contribution is -2.67. The topological polar surface area (TPSA) is 334 Å². The highest BCUT2D eigenvalue weighted by Crippen LogP contribution is 2.76. The van der Waals surface area contributed by atoms with Gasteiger partial charge in [0.05, 0.1) is 44.1 Å². The Bertz CT molecular complexity index is 2010. The number of aliphatic hydroxyl groups is 12. The van der Waals surface area contributed by atoms with Crippen LogP contribution in [0.3, 0.4) is 0 Å². The molecule has 21 nitrogen and oxygen atoms in total. The Kier molecular flexibility index (Phi) is 15.6. The fourth-order valence-corrected chi connectivity index (χ4v) is 15.8. The highest BCUT2D eigenvalue weighted by atomic mass is 16.8. The van der Waals surface area contributed by atoms with Crippen molar-refractivity contribution in [1.29, 1.82) is 0 Å². The van der Waals surface area contributed by atoms with E-state index in [1.54, 1.807) is 0 Å². The van der Waals surface area contributed by atoms with Crippen LogP contribution in [0.2, 0.25) is 0 Å². The van der Waals surface area contributed by atoms with Crippen LogP contribution in [0.5, 0.6) is 0 Å². The monoisotopic (exact) mass is 1040 g/mol. The van der Waals surface area contributed by atoms with Crippen molar-refractivity contribution in [3.8, 4) is 0 Å². The molecule has 12 N–H and O–H groups in total. The second-order valence-corrected chi connectivity index (χ2v) is 25.2. The van der Waals surface area contributed by atoms with Crippen LogP contribution in [0, 0.1) is 50.2 Å². The summed E-state index contributed by atoms with van der Waals surface area (Å²) in [6.07, 6.45) is -18.3. The lowest BCUT2D eigenvalue weighted by molar-refractivity contribution is -0.365. The zero-order valence-electron chi connectivity index (χ0n) is 43.2. The van der Waals surface area contributed by atoms with E-state index in [9.17, 15) is 61.3 Å². The molecule has 9 aliphatic rings. The Morgan fingerprint density at radius 2 is 1.27 bits per heavy atom. The van der Waals surface area contributed by atoms with E-state index in [-0.39, 0.29) is 59.2 Å². The second kappa shape index (κ2) is 20.3. The van der Waals surface area contributed by atoms with E-state index >= 15 is 4.79 Å². The van der Waals surface area contributed by atoms with Crippen molar-refractivity contribution >= 4 is 5.97 Å². The molecule has 0 unspecified atom stereocenters. The minimum Gasteiger partial charge on any atom is -0.432 e. The molecule has 4 saturated heterocycles. The molecule has 0 aromatic heterocycles. The third-order valence-electron chi connectivity index (χ3n) is 20.7. The molecular weight excluding hydrogens is 961 g/mol. The van der Waals surface area contributed by atoms with Crippen LogP contribution < -0.4 is 0 Å². The first-order chi connectivity index (χ1) is 34.2. The Labute approximate surface area is 426 Å². The first kappa shape index (κ1) is 56.2. The van der Waals surface area contributed by atoms with Gasteiger partial charge in [-0.25, -0.2) is 0 Å². The molecule has 8 fully saturated rings. The number of fused-ring (bicyclic) bond motifs is 7.